The Hall–Kier alpha value is -1.03. The molecule has 4 N–H and O–H groups in total. The highest BCUT2D eigenvalue weighted by atomic mass is 16.5. The van der Waals surface area contributed by atoms with E-state index in [9.17, 15) is 25.2 Å². The first-order valence-corrected chi connectivity index (χ1v) is 18.7. The molecule has 0 aromatic heterocycles. The molecule has 8 heteroatoms. The zero-order chi connectivity index (χ0) is 32.4. The van der Waals surface area contributed by atoms with Gasteiger partial charge >= 0.3 is 5.97 Å². The van der Waals surface area contributed by atoms with Crippen molar-refractivity contribution in [1.82, 2.24) is 0 Å². The van der Waals surface area contributed by atoms with Gasteiger partial charge in [0, 0.05) is 12.0 Å². The summed E-state index contributed by atoms with van der Waals surface area (Å²) < 4.78 is 17.3. The molecule has 2 fully saturated rings. The highest BCUT2D eigenvalue weighted by Gasteiger charge is 2.36. The predicted molar refractivity (Wildman–Crippen MR) is 177 cm³/mol. The fourth-order valence-corrected chi connectivity index (χ4v) is 7.29. The van der Waals surface area contributed by atoms with E-state index in [1.165, 1.54) is 51.4 Å². The molecule has 0 aromatic carbocycles. The Morgan fingerprint density at radius 3 is 1.78 bits per heavy atom. The Morgan fingerprint density at radius 2 is 1.18 bits per heavy atom. The lowest BCUT2D eigenvalue weighted by atomic mass is 9.98. The van der Waals surface area contributed by atoms with Gasteiger partial charge in [0.15, 0.2) is 0 Å². The van der Waals surface area contributed by atoms with Crippen molar-refractivity contribution in [2.75, 3.05) is 0 Å². The van der Waals surface area contributed by atoms with Gasteiger partial charge in [0.05, 0.1) is 48.8 Å². The van der Waals surface area contributed by atoms with Crippen LogP contribution in [0.3, 0.4) is 0 Å². The SMILES string of the molecule is CCCCCCCCCCCC[C@H](O)[C@@H]1CC[C@@H]([C@@H](O)CC[C@H](O)[C@@H]2CC[C@@H](CCCCCC(O)CC3=C[C@H](C)OC3=O)O2)O1. The summed E-state index contributed by atoms with van der Waals surface area (Å²) in [5.41, 5.74) is 0.583. The molecule has 0 saturated carbocycles. The molecule has 3 aliphatic heterocycles. The zero-order valence-corrected chi connectivity index (χ0v) is 28.5. The van der Waals surface area contributed by atoms with E-state index in [0.29, 0.717) is 31.3 Å². The van der Waals surface area contributed by atoms with Crippen molar-refractivity contribution in [3.63, 3.8) is 0 Å². The molecule has 45 heavy (non-hydrogen) atoms. The Bertz CT molecular complexity index is 833. The minimum atomic E-state index is -0.638. The summed E-state index contributed by atoms with van der Waals surface area (Å²) in [7, 11) is 0. The summed E-state index contributed by atoms with van der Waals surface area (Å²) >= 11 is 0. The number of cyclic esters (lactones) is 1. The standard InChI is InChI=1S/C37H66O8/c1-3-4-5-6-7-8-9-10-11-15-18-31(39)35-23-24-36(45-35)33(41)21-20-32(40)34-22-19-30(44-34)17-14-12-13-16-29(38)26-28-25-27(2)43-37(28)42/h25,27,29-36,38-41H,3-24,26H2,1-2H3/t27-,29?,30+,31-,32-,33-,34-,35-,36-/m0/s1. The monoisotopic (exact) mass is 638 g/mol. The highest BCUT2D eigenvalue weighted by Crippen LogP contribution is 2.31. The first-order valence-electron chi connectivity index (χ1n) is 18.7. The van der Waals surface area contributed by atoms with Crippen molar-refractivity contribution in [2.45, 2.75) is 216 Å². The van der Waals surface area contributed by atoms with E-state index in [2.05, 4.69) is 6.92 Å². The van der Waals surface area contributed by atoms with Crippen LogP contribution in [0.4, 0.5) is 0 Å². The summed E-state index contributed by atoms with van der Waals surface area (Å²) in [5.74, 6) is -0.309. The molecule has 0 spiro atoms. The van der Waals surface area contributed by atoms with Crippen molar-refractivity contribution in [2.24, 2.45) is 0 Å². The molecule has 8 nitrogen and oxygen atoms in total. The fraction of sp³-hybridized carbons (Fsp3) is 0.919. The second-order valence-corrected chi connectivity index (χ2v) is 14.2. The van der Waals surface area contributed by atoms with Crippen LogP contribution in [-0.4, -0.2) is 81.3 Å². The fourth-order valence-electron chi connectivity index (χ4n) is 7.29. The Kier molecular flexibility index (Phi) is 18.6. The third-order valence-electron chi connectivity index (χ3n) is 10.1. The lowest BCUT2D eigenvalue weighted by Crippen LogP contribution is -2.33. The number of ether oxygens (including phenoxy) is 3. The first kappa shape index (κ1) is 38.4. The molecule has 0 radical (unpaired) electrons. The molecule has 2 saturated heterocycles. The molecular formula is C37H66O8. The van der Waals surface area contributed by atoms with E-state index < -0.39 is 24.4 Å². The molecule has 0 bridgehead atoms. The number of hydrogen-bond acceptors (Lipinski definition) is 8. The smallest absolute Gasteiger partial charge is 0.334 e. The van der Waals surface area contributed by atoms with E-state index >= 15 is 0 Å². The van der Waals surface area contributed by atoms with Gasteiger partial charge in [-0.2, -0.15) is 0 Å². The van der Waals surface area contributed by atoms with Gasteiger partial charge in [-0.1, -0.05) is 90.4 Å². The number of carbonyl (C=O) groups excluding carboxylic acids is 1. The number of carbonyl (C=O) groups is 1. The van der Waals surface area contributed by atoms with Crippen LogP contribution in [-0.2, 0) is 19.0 Å². The van der Waals surface area contributed by atoms with E-state index in [0.717, 1.165) is 70.6 Å². The van der Waals surface area contributed by atoms with Gasteiger partial charge in [0.1, 0.15) is 6.10 Å². The molecule has 3 heterocycles. The van der Waals surface area contributed by atoms with Crippen LogP contribution in [0, 0.1) is 0 Å². The maximum atomic E-state index is 11.7. The molecule has 3 rings (SSSR count). The van der Waals surface area contributed by atoms with Crippen LogP contribution in [0.25, 0.3) is 0 Å². The molecule has 3 aliphatic rings. The van der Waals surface area contributed by atoms with Gasteiger partial charge in [0.2, 0.25) is 0 Å². The van der Waals surface area contributed by atoms with Crippen LogP contribution in [0.1, 0.15) is 162 Å². The van der Waals surface area contributed by atoms with Gasteiger partial charge in [-0.05, 0) is 70.8 Å². The van der Waals surface area contributed by atoms with E-state index in [1.807, 2.05) is 6.92 Å². The second-order valence-electron chi connectivity index (χ2n) is 14.2. The molecular weight excluding hydrogens is 572 g/mol. The van der Waals surface area contributed by atoms with Gasteiger partial charge < -0.3 is 34.6 Å². The summed E-state index contributed by atoms with van der Waals surface area (Å²) in [4.78, 5) is 11.7. The highest BCUT2D eigenvalue weighted by molar-refractivity contribution is 5.90. The minimum absolute atomic E-state index is 0.148. The minimum Gasteiger partial charge on any atom is -0.455 e. The third-order valence-corrected chi connectivity index (χ3v) is 10.1. The molecule has 0 amide bonds. The Morgan fingerprint density at radius 1 is 0.667 bits per heavy atom. The largest absolute Gasteiger partial charge is 0.455 e. The number of aliphatic hydroxyl groups is 4. The van der Waals surface area contributed by atoms with E-state index in [4.69, 9.17) is 14.2 Å². The lowest BCUT2D eigenvalue weighted by molar-refractivity contribution is -0.139. The molecule has 0 aliphatic carbocycles. The lowest BCUT2D eigenvalue weighted by Gasteiger charge is -2.24. The molecule has 9 atom stereocenters. The van der Waals surface area contributed by atoms with Gasteiger partial charge in [0.25, 0.3) is 0 Å². The van der Waals surface area contributed by atoms with Gasteiger partial charge in [-0.25, -0.2) is 4.79 Å². The predicted octanol–water partition coefficient (Wildman–Crippen LogP) is 6.83. The number of unbranched alkanes of at least 4 members (excludes halogenated alkanes) is 11. The zero-order valence-electron chi connectivity index (χ0n) is 28.5. The average Bonchev–Trinajstić information content (AvgIpc) is 3.77. The molecule has 0 aromatic rings. The number of hydrogen-bond donors (Lipinski definition) is 4. The van der Waals surface area contributed by atoms with Crippen molar-refractivity contribution in [3.8, 4) is 0 Å². The summed E-state index contributed by atoms with van der Waals surface area (Å²) in [6.45, 7) is 4.07. The quantitative estimate of drug-likeness (QED) is 0.0634. The normalized spacial score (nSPS) is 27.8. The topological polar surface area (TPSA) is 126 Å². The molecule has 1 unspecified atom stereocenters. The van der Waals surface area contributed by atoms with Crippen molar-refractivity contribution >= 4 is 5.97 Å². The maximum Gasteiger partial charge on any atom is 0.334 e. The van der Waals surface area contributed by atoms with Crippen LogP contribution < -0.4 is 0 Å². The number of esters is 1. The van der Waals surface area contributed by atoms with Crippen molar-refractivity contribution < 1.29 is 39.4 Å². The maximum absolute atomic E-state index is 11.7. The summed E-state index contributed by atoms with van der Waals surface area (Å²) in [6.07, 6.45) is 21.5. The average molecular weight is 639 g/mol. The van der Waals surface area contributed by atoms with Crippen molar-refractivity contribution in [1.29, 1.82) is 0 Å². The van der Waals surface area contributed by atoms with E-state index in [-0.39, 0.29) is 36.5 Å². The van der Waals surface area contributed by atoms with Gasteiger partial charge in [-0.15, -0.1) is 0 Å². The van der Waals surface area contributed by atoms with Crippen LogP contribution >= 0.6 is 0 Å². The van der Waals surface area contributed by atoms with Crippen LogP contribution in [0.5, 0.6) is 0 Å². The Labute approximate surface area is 273 Å². The van der Waals surface area contributed by atoms with Gasteiger partial charge in [-0.3, -0.25) is 0 Å². The Balaban J connectivity index is 1.17. The van der Waals surface area contributed by atoms with Crippen LogP contribution in [0.15, 0.2) is 11.6 Å². The number of aliphatic hydroxyl groups excluding tert-OH is 4. The third kappa shape index (κ3) is 14.7. The van der Waals surface area contributed by atoms with Crippen molar-refractivity contribution in [3.05, 3.63) is 11.6 Å². The van der Waals surface area contributed by atoms with E-state index in [1.54, 1.807) is 6.08 Å². The number of rotatable bonds is 25. The first-order chi connectivity index (χ1) is 21.8. The molecule has 262 valence electrons. The summed E-state index contributed by atoms with van der Waals surface area (Å²) in [5, 5.41) is 42.4. The summed E-state index contributed by atoms with van der Waals surface area (Å²) in [6, 6.07) is 0. The van der Waals surface area contributed by atoms with Crippen LogP contribution in [0.2, 0.25) is 0 Å². The second kappa shape index (κ2) is 21.8.